The van der Waals surface area contributed by atoms with Crippen molar-refractivity contribution in [2.24, 2.45) is 0 Å². The highest BCUT2D eigenvalue weighted by molar-refractivity contribution is 6.31. The number of halogens is 3. The number of benzene rings is 3. The van der Waals surface area contributed by atoms with Crippen molar-refractivity contribution < 1.29 is 28.2 Å². The Kier molecular flexibility index (Phi) is 7.50. The summed E-state index contributed by atoms with van der Waals surface area (Å²) in [4.78, 5) is 24.8. The van der Waals surface area contributed by atoms with E-state index in [1.54, 1.807) is 0 Å². The maximum Gasteiger partial charge on any atom is 0.335 e. The Labute approximate surface area is 216 Å². The first-order valence-corrected chi connectivity index (χ1v) is 11.6. The first-order chi connectivity index (χ1) is 17.7. The molecule has 0 amide bonds. The number of Topliss-reactive ketones (excluding diaryl/α,β-unsaturated/α-hetero) is 1. The Morgan fingerprint density at radius 1 is 1.00 bits per heavy atom. The van der Waals surface area contributed by atoms with Gasteiger partial charge in [0.2, 0.25) is 5.78 Å². The predicted molar refractivity (Wildman–Crippen MR) is 136 cm³/mol. The van der Waals surface area contributed by atoms with Crippen LogP contribution in [0.5, 0.6) is 0 Å². The second-order valence-corrected chi connectivity index (χ2v) is 8.77. The number of nitrogens with one attached hydrogen (secondary N) is 1. The highest BCUT2D eigenvalue weighted by Crippen LogP contribution is 2.32. The third-order valence-corrected chi connectivity index (χ3v) is 6.25. The van der Waals surface area contributed by atoms with Crippen molar-refractivity contribution in [1.29, 1.82) is 0 Å². The van der Waals surface area contributed by atoms with Gasteiger partial charge in [-0.1, -0.05) is 41.9 Å². The van der Waals surface area contributed by atoms with Crippen LogP contribution in [0.3, 0.4) is 0 Å². The predicted octanol–water partition coefficient (Wildman–Crippen LogP) is 5.83. The van der Waals surface area contributed by atoms with Gasteiger partial charge in [-0.25, -0.2) is 13.6 Å². The lowest BCUT2D eigenvalue weighted by Crippen LogP contribution is -2.44. The van der Waals surface area contributed by atoms with E-state index in [0.717, 1.165) is 17.7 Å². The van der Waals surface area contributed by atoms with Crippen LogP contribution in [-0.2, 0) is 6.42 Å². The van der Waals surface area contributed by atoms with Crippen molar-refractivity contribution in [1.82, 2.24) is 0 Å². The fourth-order valence-electron chi connectivity index (χ4n) is 4.01. The molecule has 0 bridgehead atoms. The molecule has 1 aromatic heterocycles. The smallest absolute Gasteiger partial charge is 0.335 e. The van der Waals surface area contributed by atoms with Crippen LogP contribution >= 0.6 is 11.6 Å². The average molecular weight is 523 g/mol. The maximum atomic E-state index is 14.6. The molecule has 0 radical (unpaired) electrons. The Balaban J connectivity index is 1.72. The molecule has 1 atom stereocenters. The Bertz CT molecular complexity index is 1480. The van der Waals surface area contributed by atoms with Crippen LogP contribution in [0.25, 0.3) is 11.1 Å². The van der Waals surface area contributed by atoms with E-state index in [-0.39, 0.29) is 34.0 Å². The van der Waals surface area contributed by atoms with Crippen LogP contribution in [-0.4, -0.2) is 22.9 Å². The molecule has 0 fully saturated rings. The fraction of sp³-hybridized carbons (Fsp3) is 0.107. The summed E-state index contributed by atoms with van der Waals surface area (Å²) in [5.74, 6) is -3.53. The largest absolute Gasteiger partial charge is 0.618 e. The van der Waals surface area contributed by atoms with Gasteiger partial charge in [0.05, 0.1) is 21.7 Å². The molecule has 4 rings (SSSR count). The molecule has 9 heteroatoms. The Morgan fingerprint density at radius 3 is 2.32 bits per heavy atom. The molecule has 188 valence electrons. The molecular formula is C28H21ClF2N2O4. The molecule has 0 spiro atoms. The number of ketones is 1. The number of carbonyl (C=O) groups is 2. The van der Waals surface area contributed by atoms with Gasteiger partial charge in [0, 0.05) is 25.1 Å². The van der Waals surface area contributed by atoms with Crippen molar-refractivity contribution >= 4 is 29.0 Å². The molecule has 1 unspecified atom stereocenters. The normalized spacial score (nSPS) is 11.7. The summed E-state index contributed by atoms with van der Waals surface area (Å²) in [7, 11) is 0. The fourth-order valence-corrected chi connectivity index (χ4v) is 4.17. The average Bonchev–Trinajstić information content (AvgIpc) is 2.89. The number of aromatic carboxylic acids is 1. The third kappa shape index (κ3) is 5.44. The van der Waals surface area contributed by atoms with Gasteiger partial charge in [0.15, 0.2) is 11.5 Å². The monoisotopic (exact) mass is 522 g/mol. The number of carbonyl (C=O) groups excluding carboxylic acids is 1. The molecule has 1 heterocycles. The van der Waals surface area contributed by atoms with Gasteiger partial charge in [-0.15, -0.1) is 0 Å². The highest BCUT2D eigenvalue weighted by atomic mass is 35.5. The summed E-state index contributed by atoms with van der Waals surface area (Å²) < 4.78 is 29.4. The molecule has 0 saturated heterocycles. The summed E-state index contributed by atoms with van der Waals surface area (Å²) in [6.07, 6.45) is 0.221. The van der Waals surface area contributed by atoms with E-state index >= 15 is 0 Å². The topological polar surface area (TPSA) is 93.3 Å². The number of aromatic nitrogens is 1. The number of pyridine rings is 1. The highest BCUT2D eigenvalue weighted by Gasteiger charge is 2.30. The first-order valence-electron chi connectivity index (χ1n) is 11.2. The number of hydrogen-bond acceptors (Lipinski definition) is 4. The van der Waals surface area contributed by atoms with Crippen LogP contribution in [0.15, 0.2) is 78.9 Å². The molecule has 0 saturated carbocycles. The number of anilines is 1. The summed E-state index contributed by atoms with van der Waals surface area (Å²) in [6, 6.07) is 18.7. The van der Waals surface area contributed by atoms with E-state index in [9.17, 15) is 23.6 Å². The number of rotatable bonds is 8. The van der Waals surface area contributed by atoms with E-state index in [1.165, 1.54) is 43.3 Å². The van der Waals surface area contributed by atoms with Gasteiger partial charge >= 0.3 is 5.97 Å². The zero-order chi connectivity index (χ0) is 26.7. The van der Waals surface area contributed by atoms with Crippen LogP contribution < -0.4 is 10.0 Å². The lowest BCUT2D eigenvalue weighted by molar-refractivity contribution is -0.613. The summed E-state index contributed by atoms with van der Waals surface area (Å²) in [6.45, 7) is 1.36. The Morgan fingerprint density at radius 2 is 1.68 bits per heavy atom. The van der Waals surface area contributed by atoms with Crippen molar-refractivity contribution in [3.63, 3.8) is 0 Å². The lowest BCUT2D eigenvalue weighted by atomic mass is 9.97. The number of nitrogens with zero attached hydrogens (tertiary/aromatic N) is 1. The first kappa shape index (κ1) is 25.8. The zero-order valence-corrected chi connectivity index (χ0v) is 20.3. The SMILES string of the molecule is Cc1c(-c2c(F)ccc(Cl)c2F)ccc(C(=O)C(Cc2ccccc2)Nc2ccc(C(=O)O)cc2)[n+]1[O-]. The number of hydrogen-bond donors (Lipinski definition) is 2. The van der Waals surface area contributed by atoms with Gasteiger partial charge in [0.25, 0.3) is 5.69 Å². The van der Waals surface area contributed by atoms with E-state index in [4.69, 9.17) is 16.7 Å². The van der Waals surface area contributed by atoms with Crippen LogP contribution in [0, 0.1) is 23.8 Å². The maximum absolute atomic E-state index is 14.6. The molecular weight excluding hydrogens is 502 g/mol. The van der Waals surface area contributed by atoms with E-state index < -0.39 is 35.0 Å². The molecule has 2 N–H and O–H groups in total. The van der Waals surface area contributed by atoms with Gasteiger partial charge in [-0.3, -0.25) is 4.79 Å². The van der Waals surface area contributed by atoms with Gasteiger partial charge in [0.1, 0.15) is 11.9 Å². The van der Waals surface area contributed by atoms with Crippen molar-refractivity contribution in [3.05, 3.63) is 123 Å². The van der Waals surface area contributed by atoms with Crippen LogP contribution in [0.2, 0.25) is 5.02 Å². The van der Waals surface area contributed by atoms with Crippen molar-refractivity contribution in [2.45, 2.75) is 19.4 Å². The molecule has 0 aliphatic carbocycles. The standard InChI is InChI=1S/C28H21ClF2N2O4/c1-16-20(25-22(30)13-12-21(29)26(25)31)11-14-24(33(16)37)27(34)23(15-17-5-3-2-4-6-17)32-19-9-7-18(8-10-19)28(35)36/h2-14,23,32H,15H2,1H3,(H,35,36). The molecule has 37 heavy (non-hydrogen) atoms. The molecule has 0 aliphatic rings. The minimum Gasteiger partial charge on any atom is -0.618 e. The van der Waals surface area contributed by atoms with Crippen molar-refractivity contribution in [2.75, 3.05) is 5.32 Å². The minimum atomic E-state index is -1.08. The quantitative estimate of drug-likeness (QED) is 0.131. The van der Waals surface area contributed by atoms with Gasteiger partial charge in [-0.2, -0.15) is 4.73 Å². The molecule has 3 aromatic carbocycles. The van der Waals surface area contributed by atoms with E-state index in [0.29, 0.717) is 10.4 Å². The van der Waals surface area contributed by atoms with Crippen LogP contribution in [0.1, 0.15) is 32.1 Å². The third-order valence-electron chi connectivity index (χ3n) is 5.96. The summed E-state index contributed by atoms with van der Waals surface area (Å²) in [5.41, 5.74) is 0.611. The van der Waals surface area contributed by atoms with E-state index in [2.05, 4.69) is 5.32 Å². The molecule has 0 aliphatic heterocycles. The van der Waals surface area contributed by atoms with Gasteiger partial charge < -0.3 is 15.6 Å². The van der Waals surface area contributed by atoms with Gasteiger partial charge in [-0.05, 0) is 48.0 Å². The van der Waals surface area contributed by atoms with E-state index in [1.807, 2.05) is 30.3 Å². The number of carboxylic acid groups (broad SMARTS) is 1. The lowest BCUT2D eigenvalue weighted by Gasteiger charge is -2.20. The second kappa shape index (κ2) is 10.8. The molecule has 6 nitrogen and oxygen atoms in total. The van der Waals surface area contributed by atoms with Crippen molar-refractivity contribution in [3.8, 4) is 11.1 Å². The summed E-state index contributed by atoms with van der Waals surface area (Å²) >= 11 is 5.81. The summed E-state index contributed by atoms with van der Waals surface area (Å²) in [5, 5.41) is 25.1. The van der Waals surface area contributed by atoms with Crippen LogP contribution in [0.4, 0.5) is 14.5 Å². The zero-order valence-electron chi connectivity index (χ0n) is 19.5. The molecule has 4 aromatic rings. The minimum absolute atomic E-state index is 0.0270. The second-order valence-electron chi connectivity index (χ2n) is 8.36. The number of carboxylic acids is 1. The Hall–Kier alpha value is -4.30.